The largest absolute Gasteiger partial charge is 0.356 e. The summed E-state index contributed by atoms with van der Waals surface area (Å²) in [5.74, 6) is 0.889. The summed E-state index contributed by atoms with van der Waals surface area (Å²) in [7, 11) is 0. The fourth-order valence-electron chi connectivity index (χ4n) is 3.16. The highest BCUT2D eigenvalue weighted by molar-refractivity contribution is 5.79. The fraction of sp³-hybridized carbons (Fsp3) is 0.867. The molecule has 1 aliphatic carbocycles. The summed E-state index contributed by atoms with van der Waals surface area (Å²) in [6, 6.07) is 0. The number of nitrogens with one attached hydrogen (secondary N) is 1. The monoisotopic (exact) mass is 266 g/mol. The van der Waals surface area contributed by atoms with E-state index in [9.17, 15) is 9.59 Å². The summed E-state index contributed by atoms with van der Waals surface area (Å²) >= 11 is 0. The second-order valence-electron chi connectivity index (χ2n) is 5.90. The van der Waals surface area contributed by atoms with Crippen molar-refractivity contribution in [2.45, 2.75) is 57.8 Å². The van der Waals surface area contributed by atoms with Gasteiger partial charge in [0.25, 0.3) is 0 Å². The lowest BCUT2D eigenvalue weighted by molar-refractivity contribution is -0.130. The molecule has 2 aliphatic rings. The van der Waals surface area contributed by atoms with E-state index >= 15 is 0 Å². The molecule has 1 heterocycles. The topological polar surface area (TPSA) is 49.4 Å². The Morgan fingerprint density at radius 1 is 1.00 bits per heavy atom. The minimum Gasteiger partial charge on any atom is -0.356 e. The quantitative estimate of drug-likeness (QED) is 0.828. The second-order valence-corrected chi connectivity index (χ2v) is 5.90. The molecular formula is C15H26N2O2. The highest BCUT2D eigenvalue weighted by Crippen LogP contribution is 2.25. The lowest BCUT2D eigenvalue weighted by Crippen LogP contribution is -2.33. The van der Waals surface area contributed by atoms with Crippen molar-refractivity contribution in [3.05, 3.63) is 0 Å². The van der Waals surface area contributed by atoms with Gasteiger partial charge in [0.1, 0.15) is 0 Å². The Hall–Kier alpha value is -1.06. The fourth-order valence-corrected chi connectivity index (χ4v) is 3.16. The van der Waals surface area contributed by atoms with Crippen molar-refractivity contribution in [1.29, 1.82) is 0 Å². The van der Waals surface area contributed by atoms with Gasteiger partial charge >= 0.3 is 0 Å². The zero-order valence-corrected chi connectivity index (χ0v) is 11.8. The maximum absolute atomic E-state index is 11.8. The van der Waals surface area contributed by atoms with E-state index in [0.29, 0.717) is 25.3 Å². The molecule has 2 amide bonds. The summed E-state index contributed by atoms with van der Waals surface area (Å²) < 4.78 is 0. The van der Waals surface area contributed by atoms with Crippen LogP contribution in [0.25, 0.3) is 0 Å². The number of rotatable bonds is 5. The van der Waals surface area contributed by atoms with Gasteiger partial charge < -0.3 is 10.2 Å². The van der Waals surface area contributed by atoms with E-state index < -0.39 is 0 Å². The van der Waals surface area contributed by atoms with Gasteiger partial charge in [0, 0.05) is 32.5 Å². The maximum Gasteiger partial charge on any atom is 0.224 e. The Balaban J connectivity index is 1.56. The van der Waals surface area contributed by atoms with E-state index in [-0.39, 0.29) is 11.8 Å². The molecule has 19 heavy (non-hydrogen) atoms. The SMILES string of the molecule is O=C(CC1CCCCC1)NCCC(=O)N1CCCC1. The summed E-state index contributed by atoms with van der Waals surface area (Å²) in [6.07, 6.45) is 9.60. The Morgan fingerprint density at radius 3 is 2.37 bits per heavy atom. The summed E-state index contributed by atoms with van der Waals surface area (Å²) in [5.41, 5.74) is 0. The van der Waals surface area contributed by atoms with Gasteiger partial charge in [0.15, 0.2) is 0 Å². The van der Waals surface area contributed by atoms with Gasteiger partial charge in [-0.15, -0.1) is 0 Å². The third kappa shape index (κ3) is 4.84. The number of nitrogens with zero attached hydrogens (tertiary/aromatic N) is 1. The molecule has 2 rings (SSSR count). The van der Waals surface area contributed by atoms with Gasteiger partial charge in [0.05, 0.1) is 0 Å². The standard InChI is InChI=1S/C15H26N2O2/c18-14(12-13-6-2-1-3-7-13)16-9-8-15(19)17-10-4-5-11-17/h13H,1-12H2,(H,16,18). The zero-order chi connectivity index (χ0) is 13.5. The van der Waals surface area contributed by atoms with Gasteiger partial charge in [-0.3, -0.25) is 9.59 Å². The smallest absolute Gasteiger partial charge is 0.224 e. The first-order valence-corrected chi connectivity index (χ1v) is 7.80. The molecule has 1 aliphatic heterocycles. The van der Waals surface area contributed by atoms with Crippen LogP contribution < -0.4 is 5.32 Å². The number of hydrogen-bond donors (Lipinski definition) is 1. The van der Waals surface area contributed by atoms with Crippen LogP contribution in [0.5, 0.6) is 0 Å². The number of carbonyl (C=O) groups is 2. The summed E-state index contributed by atoms with van der Waals surface area (Å²) in [5, 5.41) is 2.90. The van der Waals surface area contributed by atoms with Crippen LogP contribution in [-0.2, 0) is 9.59 Å². The predicted octanol–water partition coefficient (Wildman–Crippen LogP) is 2.09. The first-order valence-electron chi connectivity index (χ1n) is 7.80. The van der Waals surface area contributed by atoms with E-state index in [0.717, 1.165) is 25.9 Å². The van der Waals surface area contributed by atoms with Crippen molar-refractivity contribution in [1.82, 2.24) is 10.2 Å². The molecular weight excluding hydrogens is 240 g/mol. The third-order valence-corrected chi connectivity index (χ3v) is 4.32. The summed E-state index contributed by atoms with van der Waals surface area (Å²) in [4.78, 5) is 25.5. The minimum absolute atomic E-state index is 0.126. The van der Waals surface area contributed by atoms with Crippen LogP contribution >= 0.6 is 0 Å². The van der Waals surface area contributed by atoms with Crippen molar-refractivity contribution in [3.63, 3.8) is 0 Å². The maximum atomic E-state index is 11.8. The lowest BCUT2D eigenvalue weighted by Gasteiger charge is -2.21. The van der Waals surface area contributed by atoms with E-state index in [1.54, 1.807) is 0 Å². The Kier molecular flexibility index (Phi) is 5.67. The first-order chi connectivity index (χ1) is 9.25. The predicted molar refractivity (Wildman–Crippen MR) is 74.6 cm³/mol. The second kappa shape index (κ2) is 7.51. The highest BCUT2D eigenvalue weighted by Gasteiger charge is 2.19. The van der Waals surface area contributed by atoms with Gasteiger partial charge in [-0.2, -0.15) is 0 Å². The van der Waals surface area contributed by atoms with Crippen LogP contribution in [0.4, 0.5) is 0 Å². The van der Waals surface area contributed by atoms with Crippen LogP contribution in [0, 0.1) is 5.92 Å². The normalized spacial score (nSPS) is 20.5. The van der Waals surface area contributed by atoms with Crippen LogP contribution in [0.1, 0.15) is 57.8 Å². The van der Waals surface area contributed by atoms with E-state index in [4.69, 9.17) is 0 Å². The molecule has 0 aromatic rings. The number of likely N-dealkylation sites (tertiary alicyclic amines) is 1. The molecule has 0 spiro atoms. The van der Waals surface area contributed by atoms with Crippen molar-refractivity contribution >= 4 is 11.8 Å². The molecule has 1 saturated heterocycles. The van der Waals surface area contributed by atoms with Crippen LogP contribution in [0.2, 0.25) is 0 Å². The number of hydrogen-bond acceptors (Lipinski definition) is 2. The molecule has 0 bridgehead atoms. The molecule has 0 unspecified atom stereocenters. The lowest BCUT2D eigenvalue weighted by atomic mass is 9.87. The van der Waals surface area contributed by atoms with E-state index in [1.807, 2.05) is 4.90 Å². The highest BCUT2D eigenvalue weighted by atomic mass is 16.2. The zero-order valence-electron chi connectivity index (χ0n) is 11.8. The Labute approximate surface area is 115 Å². The first kappa shape index (κ1) is 14.4. The number of carbonyl (C=O) groups excluding carboxylic acids is 2. The Bertz CT molecular complexity index is 305. The van der Waals surface area contributed by atoms with Gasteiger partial charge in [-0.1, -0.05) is 19.3 Å². The molecule has 0 aromatic carbocycles. The van der Waals surface area contributed by atoms with Crippen LogP contribution in [0.15, 0.2) is 0 Å². The Morgan fingerprint density at radius 2 is 1.68 bits per heavy atom. The van der Waals surface area contributed by atoms with Crippen molar-refractivity contribution in [2.24, 2.45) is 5.92 Å². The minimum atomic E-state index is 0.126. The molecule has 0 aromatic heterocycles. The van der Waals surface area contributed by atoms with Crippen molar-refractivity contribution in [2.75, 3.05) is 19.6 Å². The van der Waals surface area contributed by atoms with Gasteiger partial charge in [0.2, 0.25) is 11.8 Å². The van der Waals surface area contributed by atoms with Gasteiger partial charge in [-0.25, -0.2) is 0 Å². The van der Waals surface area contributed by atoms with Crippen molar-refractivity contribution < 1.29 is 9.59 Å². The van der Waals surface area contributed by atoms with Crippen molar-refractivity contribution in [3.8, 4) is 0 Å². The molecule has 108 valence electrons. The third-order valence-electron chi connectivity index (χ3n) is 4.32. The average Bonchev–Trinajstić information content (AvgIpc) is 2.93. The van der Waals surface area contributed by atoms with E-state index in [1.165, 1.54) is 32.1 Å². The molecule has 0 radical (unpaired) electrons. The molecule has 2 fully saturated rings. The molecule has 1 saturated carbocycles. The van der Waals surface area contributed by atoms with E-state index in [2.05, 4.69) is 5.32 Å². The molecule has 4 nitrogen and oxygen atoms in total. The average molecular weight is 266 g/mol. The summed E-state index contributed by atoms with van der Waals surface area (Å²) in [6.45, 7) is 2.30. The molecule has 1 N–H and O–H groups in total. The van der Waals surface area contributed by atoms with Crippen LogP contribution in [0.3, 0.4) is 0 Å². The van der Waals surface area contributed by atoms with Gasteiger partial charge in [-0.05, 0) is 31.6 Å². The molecule has 0 atom stereocenters. The number of amides is 2. The molecule has 4 heteroatoms. The van der Waals surface area contributed by atoms with Crippen LogP contribution in [-0.4, -0.2) is 36.3 Å².